The second-order valence-corrected chi connectivity index (χ2v) is 6.32. The largest absolute Gasteiger partial charge is 0.322 e. The first kappa shape index (κ1) is 15.4. The van der Waals surface area contributed by atoms with Gasteiger partial charge < -0.3 is 10.6 Å². The van der Waals surface area contributed by atoms with Crippen molar-refractivity contribution in [3.8, 4) is 0 Å². The van der Waals surface area contributed by atoms with Gasteiger partial charge in [-0.15, -0.1) is 0 Å². The highest BCUT2D eigenvalue weighted by molar-refractivity contribution is 5.26. The second-order valence-electron chi connectivity index (χ2n) is 6.32. The van der Waals surface area contributed by atoms with Crippen LogP contribution in [0.25, 0.3) is 0 Å². The molecule has 1 atom stereocenters. The molecule has 2 nitrogen and oxygen atoms in total. The fourth-order valence-corrected chi connectivity index (χ4v) is 3.34. The molecule has 1 aliphatic rings. The second kappa shape index (κ2) is 5.78. The highest BCUT2D eigenvalue weighted by atomic mass is 19.1. The molecule has 1 fully saturated rings. The Morgan fingerprint density at radius 3 is 2.35 bits per heavy atom. The van der Waals surface area contributed by atoms with E-state index in [-0.39, 0.29) is 5.54 Å². The van der Waals surface area contributed by atoms with Gasteiger partial charge in [0.05, 0.1) is 6.04 Å². The summed E-state index contributed by atoms with van der Waals surface area (Å²) in [7, 11) is 3.99. The van der Waals surface area contributed by atoms with E-state index in [1.54, 1.807) is 0 Å². The lowest BCUT2D eigenvalue weighted by atomic mass is 9.70. The van der Waals surface area contributed by atoms with Gasteiger partial charge in [-0.25, -0.2) is 8.78 Å². The standard InChI is InChI=1S/C16H24F2N2/c1-11-6-8-16(9-7-11,20(2)3)15(19)13-5-4-12(17)10-14(13)18/h4-5,10-11,15H,6-9,19H2,1-3H3. The first-order valence-electron chi connectivity index (χ1n) is 7.25. The first-order valence-corrected chi connectivity index (χ1v) is 7.25. The Balaban J connectivity index is 2.34. The molecule has 112 valence electrons. The highest BCUT2D eigenvalue weighted by Gasteiger charge is 2.42. The van der Waals surface area contributed by atoms with Gasteiger partial charge >= 0.3 is 0 Å². The van der Waals surface area contributed by atoms with E-state index in [1.807, 2.05) is 14.1 Å². The average molecular weight is 282 g/mol. The van der Waals surface area contributed by atoms with Gasteiger partial charge in [-0.1, -0.05) is 13.0 Å². The van der Waals surface area contributed by atoms with E-state index in [4.69, 9.17) is 5.73 Å². The van der Waals surface area contributed by atoms with Crippen LogP contribution in [0.15, 0.2) is 18.2 Å². The number of halogens is 2. The maximum Gasteiger partial charge on any atom is 0.130 e. The van der Waals surface area contributed by atoms with Crippen LogP contribution in [0.3, 0.4) is 0 Å². The Labute approximate surface area is 120 Å². The molecule has 0 bridgehead atoms. The minimum absolute atomic E-state index is 0.245. The van der Waals surface area contributed by atoms with Crippen LogP contribution in [0.4, 0.5) is 8.78 Å². The highest BCUT2D eigenvalue weighted by Crippen LogP contribution is 2.43. The van der Waals surface area contributed by atoms with Crippen molar-refractivity contribution in [2.24, 2.45) is 11.7 Å². The molecular formula is C16H24F2N2. The van der Waals surface area contributed by atoms with Gasteiger partial charge in [-0.2, -0.15) is 0 Å². The number of nitrogens with two attached hydrogens (primary N) is 1. The maximum absolute atomic E-state index is 14.0. The zero-order valence-corrected chi connectivity index (χ0v) is 12.5. The van der Waals surface area contributed by atoms with Gasteiger partial charge in [-0.3, -0.25) is 0 Å². The van der Waals surface area contributed by atoms with Crippen LogP contribution in [0.5, 0.6) is 0 Å². The zero-order valence-electron chi connectivity index (χ0n) is 12.5. The normalized spacial score (nSPS) is 28.6. The molecule has 0 radical (unpaired) electrons. The van der Waals surface area contributed by atoms with Gasteiger partial charge in [0, 0.05) is 17.2 Å². The van der Waals surface area contributed by atoms with Gasteiger partial charge in [-0.05, 0) is 51.8 Å². The summed E-state index contributed by atoms with van der Waals surface area (Å²) in [5, 5.41) is 0. The van der Waals surface area contributed by atoms with Crippen LogP contribution in [0.2, 0.25) is 0 Å². The SMILES string of the molecule is CC1CCC(C(N)c2ccc(F)cc2F)(N(C)C)CC1. The smallest absolute Gasteiger partial charge is 0.130 e. The molecule has 0 spiro atoms. The lowest BCUT2D eigenvalue weighted by Crippen LogP contribution is -2.54. The maximum atomic E-state index is 14.0. The summed E-state index contributed by atoms with van der Waals surface area (Å²) >= 11 is 0. The van der Waals surface area contributed by atoms with E-state index in [0.29, 0.717) is 11.5 Å². The minimum Gasteiger partial charge on any atom is -0.322 e. The van der Waals surface area contributed by atoms with E-state index in [9.17, 15) is 8.78 Å². The quantitative estimate of drug-likeness (QED) is 0.919. The molecule has 0 saturated heterocycles. The Morgan fingerprint density at radius 1 is 1.25 bits per heavy atom. The Kier molecular flexibility index (Phi) is 4.45. The molecule has 0 aliphatic heterocycles. The van der Waals surface area contributed by atoms with E-state index >= 15 is 0 Å². The Hall–Kier alpha value is -1.00. The number of rotatable bonds is 3. The third kappa shape index (κ3) is 2.72. The minimum atomic E-state index is -0.561. The number of hydrogen-bond acceptors (Lipinski definition) is 2. The van der Waals surface area contributed by atoms with Gasteiger partial charge in [0.15, 0.2) is 0 Å². The summed E-state index contributed by atoms with van der Waals surface area (Å²) in [6.45, 7) is 2.24. The van der Waals surface area contributed by atoms with Crippen LogP contribution in [-0.2, 0) is 0 Å². The number of nitrogens with zero attached hydrogens (tertiary/aromatic N) is 1. The summed E-state index contributed by atoms with van der Waals surface area (Å²) in [4.78, 5) is 2.12. The Bertz CT molecular complexity index is 466. The third-order valence-corrected chi connectivity index (χ3v) is 4.91. The third-order valence-electron chi connectivity index (χ3n) is 4.91. The van der Waals surface area contributed by atoms with E-state index in [0.717, 1.165) is 31.7 Å². The molecule has 20 heavy (non-hydrogen) atoms. The molecule has 0 aromatic heterocycles. The molecule has 1 aromatic carbocycles. The Morgan fingerprint density at radius 2 is 1.85 bits per heavy atom. The van der Waals surface area contributed by atoms with E-state index in [1.165, 1.54) is 12.1 Å². The topological polar surface area (TPSA) is 29.3 Å². The van der Waals surface area contributed by atoms with Crippen LogP contribution in [-0.4, -0.2) is 24.5 Å². The van der Waals surface area contributed by atoms with Gasteiger partial charge in [0.2, 0.25) is 0 Å². The molecule has 1 saturated carbocycles. The first-order chi connectivity index (χ1) is 9.36. The van der Waals surface area contributed by atoms with Gasteiger partial charge in [0.25, 0.3) is 0 Å². The van der Waals surface area contributed by atoms with Crippen molar-refractivity contribution in [2.45, 2.75) is 44.2 Å². The summed E-state index contributed by atoms with van der Waals surface area (Å²) in [5.41, 5.74) is 6.56. The molecule has 1 unspecified atom stereocenters. The van der Waals surface area contributed by atoms with Crippen LogP contribution >= 0.6 is 0 Å². The lowest BCUT2D eigenvalue weighted by molar-refractivity contribution is 0.0553. The molecule has 1 aromatic rings. The number of benzene rings is 1. The molecule has 2 N–H and O–H groups in total. The van der Waals surface area contributed by atoms with Crippen molar-refractivity contribution in [1.29, 1.82) is 0 Å². The monoisotopic (exact) mass is 282 g/mol. The molecule has 2 rings (SSSR count). The average Bonchev–Trinajstić information content (AvgIpc) is 2.39. The van der Waals surface area contributed by atoms with Crippen molar-refractivity contribution in [1.82, 2.24) is 4.90 Å². The molecule has 0 heterocycles. The number of hydrogen-bond donors (Lipinski definition) is 1. The number of likely N-dealkylation sites (N-methyl/N-ethyl adjacent to an activating group) is 1. The van der Waals surface area contributed by atoms with Crippen LogP contribution in [0.1, 0.15) is 44.2 Å². The summed E-state index contributed by atoms with van der Waals surface area (Å²) < 4.78 is 27.1. The van der Waals surface area contributed by atoms with Crippen molar-refractivity contribution in [3.63, 3.8) is 0 Å². The van der Waals surface area contributed by atoms with Crippen molar-refractivity contribution in [2.75, 3.05) is 14.1 Å². The van der Waals surface area contributed by atoms with E-state index in [2.05, 4.69) is 11.8 Å². The van der Waals surface area contributed by atoms with Crippen LogP contribution in [0, 0.1) is 17.6 Å². The fraction of sp³-hybridized carbons (Fsp3) is 0.625. The molecule has 4 heteroatoms. The van der Waals surface area contributed by atoms with E-state index < -0.39 is 17.7 Å². The molecule has 1 aliphatic carbocycles. The summed E-state index contributed by atoms with van der Waals surface area (Å²) in [6, 6.07) is 3.25. The predicted molar refractivity (Wildman–Crippen MR) is 77.3 cm³/mol. The van der Waals surface area contributed by atoms with Crippen molar-refractivity contribution < 1.29 is 8.78 Å². The van der Waals surface area contributed by atoms with Crippen molar-refractivity contribution in [3.05, 3.63) is 35.4 Å². The molecular weight excluding hydrogens is 258 g/mol. The van der Waals surface area contributed by atoms with Crippen LogP contribution < -0.4 is 5.73 Å². The summed E-state index contributed by atoms with van der Waals surface area (Å²) in [5.74, 6) is -0.416. The molecule has 0 amide bonds. The van der Waals surface area contributed by atoms with Crippen molar-refractivity contribution >= 4 is 0 Å². The lowest BCUT2D eigenvalue weighted by Gasteiger charge is -2.48. The van der Waals surface area contributed by atoms with Gasteiger partial charge in [0.1, 0.15) is 11.6 Å². The predicted octanol–water partition coefficient (Wildman–Crippen LogP) is 3.48. The summed E-state index contributed by atoms with van der Waals surface area (Å²) in [6.07, 6.45) is 4.07. The fourth-order valence-electron chi connectivity index (χ4n) is 3.34. The zero-order chi connectivity index (χ0) is 14.9.